The standard InChI is InChI=1S/C27H22BrClN2O5/c1-3-35-24-14-18(13-23(28)25(24)36-16-17-4-8-21(29)9-5-17)12-20(15-30)26(32)31-22-10-6-19(7-11-22)27(33)34-2/h4-14H,3,16H2,1-2H3,(H,31,32)/b20-12+. The zero-order chi connectivity index (χ0) is 26.1. The molecule has 0 aliphatic heterocycles. The number of carbonyl (C=O) groups excluding carboxylic acids is 2. The van der Waals surface area contributed by atoms with Crippen molar-refractivity contribution in [2.75, 3.05) is 19.0 Å². The van der Waals surface area contributed by atoms with Gasteiger partial charge < -0.3 is 19.5 Å². The van der Waals surface area contributed by atoms with Gasteiger partial charge in [-0.05, 0) is 88.6 Å². The van der Waals surface area contributed by atoms with E-state index in [1.807, 2.05) is 25.1 Å². The molecule has 0 unspecified atom stereocenters. The molecule has 0 fully saturated rings. The molecule has 3 rings (SSSR count). The molecule has 0 heterocycles. The fourth-order valence-corrected chi connectivity index (χ4v) is 3.83. The number of nitrogens with one attached hydrogen (secondary N) is 1. The number of nitrogens with zero attached hydrogens (tertiary/aromatic N) is 1. The second-order valence-corrected chi connectivity index (χ2v) is 8.66. The van der Waals surface area contributed by atoms with Gasteiger partial charge in [0.05, 0.1) is 23.8 Å². The number of methoxy groups -OCH3 is 1. The molecule has 0 atom stereocenters. The van der Waals surface area contributed by atoms with Gasteiger partial charge in [0, 0.05) is 10.7 Å². The van der Waals surface area contributed by atoms with E-state index in [0.29, 0.717) is 51.0 Å². The molecule has 0 aliphatic carbocycles. The van der Waals surface area contributed by atoms with E-state index in [1.54, 1.807) is 36.4 Å². The molecule has 184 valence electrons. The number of ether oxygens (including phenoxy) is 3. The SMILES string of the molecule is CCOc1cc(/C=C(\C#N)C(=O)Nc2ccc(C(=O)OC)cc2)cc(Br)c1OCc1ccc(Cl)cc1. The van der Waals surface area contributed by atoms with Crippen molar-refractivity contribution in [2.45, 2.75) is 13.5 Å². The van der Waals surface area contributed by atoms with Crippen LogP contribution in [0.2, 0.25) is 5.02 Å². The predicted octanol–water partition coefficient (Wildman–Crippen LogP) is 6.41. The van der Waals surface area contributed by atoms with Crippen molar-refractivity contribution >= 4 is 51.2 Å². The molecule has 9 heteroatoms. The number of carbonyl (C=O) groups is 2. The highest BCUT2D eigenvalue weighted by Gasteiger charge is 2.15. The maximum absolute atomic E-state index is 12.7. The second-order valence-electron chi connectivity index (χ2n) is 7.37. The molecule has 0 radical (unpaired) electrons. The van der Waals surface area contributed by atoms with Crippen LogP contribution in [0.5, 0.6) is 11.5 Å². The van der Waals surface area contributed by atoms with Crippen molar-refractivity contribution in [1.82, 2.24) is 0 Å². The Morgan fingerprint density at radius 2 is 1.78 bits per heavy atom. The molecule has 0 saturated carbocycles. The van der Waals surface area contributed by atoms with E-state index in [1.165, 1.54) is 25.3 Å². The number of anilines is 1. The summed E-state index contributed by atoms with van der Waals surface area (Å²) in [6.07, 6.45) is 1.45. The van der Waals surface area contributed by atoms with Gasteiger partial charge in [-0.25, -0.2) is 4.79 Å². The van der Waals surface area contributed by atoms with Gasteiger partial charge in [0.15, 0.2) is 11.5 Å². The molecule has 1 N–H and O–H groups in total. The van der Waals surface area contributed by atoms with Crippen molar-refractivity contribution in [3.05, 3.63) is 92.4 Å². The average molecular weight is 570 g/mol. The van der Waals surface area contributed by atoms with Crippen molar-refractivity contribution in [3.8, 4) is 17.6 Å². The van der Waals surface area contributed by atoms with Crippen LogP contribution in [-0.4, -0.2) is 25.6 Å². The largest absolute Gasteiger partial charge is 0.490 e. The highest BCUT2D eigenvalue weighted by atomic mass is 79.9. The van der Waals surface area contributed by atoms with Crippen LogP contribution >= 0.6 is 27.5 Å². The van der Waals surface area contributed by atoms with Crippen LogP contribution in [0.4, 0.5) is 5.69 Å². The van der Waals surface area contributed by atoms with Gasteiger partial charge in [-0.3, -0.25) is 4.79 Å². The maximum Gasteiger partial charge on any atom is 0.337 e. The Hall–Kier alpha value is -3.80. The molecule has 0 aromatic heterocycles. The summed E-state index contributed by atoms with van der Waals surface area (Å²) in [5, 5.41) is 12.9. The molecule has 36 heavy (non-hydrogen) atoms. The third-order valence-corrected chi connectivity index (χ3v) is 5.71. The predicted molar refractivity (Wildman–Crippen MR) is 141 cm³/mol. The van der Waals surface area contributed by atoms with Crippen LogP contribution in [0, 0.1) is 11.3 Å². The van der Waals surface area contributed by atoms with Crippen LogP contribution in [-0.2, 0) is 16.1 Å². The Bertz CT molecular complexity index is 1320. The smallest absolute Gasteiger partial charge is 0.337 e. The summed E-state index contributed by atoms with van der Waals surface area (Å²) in [4.78, 5) is 24.3. The topological polar surface area (TPSA) is 97.7 Å². The number of nitriles is 1. The number of amides is 1. The first-order chi connectivity index (χ1) is 17.3. The summed E-state index contributed by atoms with van der Waals surface area (Å²) >= 11 is 9.44. The Balaban J connectivity index is 1.80. The zero-order valence-corrected chi connectivity index (χ0v) is 21.9. The monoisotopic (exact) mass is 568 g/mol. The van der Waals surface area contributed by atoms with E-state index in [4.69, 9.17) is 21.1 Å². The summed E-state index contributed by atoms with van der Waals surface area (Å²) in [6, 6.07) is 18.8. The number of halogens is 2. The van der Waals surface area contributed by atoms with Gasteiger partial charge in [-0.1, -0.05) is 23.7 Å². The summed E-state index contributed by atoms with van der Waals surface area (Å²) in [5.41, 5.74) is 2.16. The maximum atomic E-state index is 12.7. The fraction of sp³-hybridized carbons (Fsp3) is 0.148. The van der Waals surface area contributed by atoms with Crippen molar-refractivity contribution in [2.24, 2.45) is 0 Å². The first-order valence-electron chi connectivity index (χ1n) is 10.8. The molecule has 1 amide bonds. The Morgan fingerprint density at radius 3 is 2.39 bits per heavy atom. The third kappa shape index (κ3) is 7.11. The van der Waals surface area contributed by atoms with Crippen LogP contribution in [0.25, 0.3) is 6.08 Å². The van der Waals surface area contributed by atoms with Crippen LogP contribution in [0.3, 0.4) is 0 Å². The number of esters is 1. The highest BCUT2D eigenvalue weighted by Crippen LogP contribution is 2.38. The van der Waals surface area contributed by atoms with E-state index in [-0.39, 0.29) is 5.57 Å². The second kappa shape index (κ2) is 12.8. The number of hydrogen-bond donors (Lipinski definition) is 1. The lowest BCUT2D eigenvalue weighted by atomic mass is 10.1. The Labute approximate surface area is 222 Å². The minimum atomic E-state index is -0.597. The molecule has 0 aliphatic rings. The quantitative estimate of drug-likeness (QED) is 0.182. The molecule has 0 saturated heterocycles. The molecule has 0 bridgehead atoms. The van der Waals surface area contributed by atoms with E-state index < -0.39 is 11.9 Å². The molecule has 3 aromatic rings. The summed E-state index contributed by atoms with van der Waals surface area (Å²) in [5.74, 6) is -0.122. The van der Waals surface area contributed by atoms with Gasteiger partial charge in [0.25, 0.3) is 5.91 Å². The first-order valence-corrected chi connectivity index (χ1v) is 12.0. The molecule has 3 aromatic carbocycles. The van der Waals surface area contributed by atoms with Crippen molar-refractivity contribution < 1.29 is 23.8 Å². The third-order valence-electron chi connectivity index (χ3n) is 4.87. The first kappa shape index (κ1) is 26.8. The average Bonchev–Trinajstić information content (AvgIpc) is 2.88. The fourth-order valence-electron chi connectivity index (χ4n) is 3.13. The molecule has 0 spiro atoms. The minimum absolute atomic E-state index is 0.115. The van der Waals surface area contributed by atoms with Gasteiger partial charge in [-0.15, -0.1) is 0 Å². The lowest BCUT2D eigenvalue weighted by molar-refractivity contribution is -0.112. The minimum Gasteiger partial charge on any atom is -0.490 e. The lowest BCUT2D eigenvalue weighted by Crippen LogP contribution is -2.13. The van der Waals surface area contributed by atoms with Crippen molar-refractivity contribution in [1.29, 1.82) is 5.26 Å². The van der Waals surface area contributed by atoms with E-state index in [9.17, 15) is 14.9 Å². The summed E-state index contributed by atoms with van der Waals surface area (Å²) in [7, 11) is 1.29. The van der Waals surface area contributed by atoms with Gasteiger partial charge in [-0.2, -0.15) is 5.26 Å². The highest BCUT2D eigenvalue weighted by molar-refractivity contribution is 9.10. The normalized spacial score (nSPS) is 10.8. The summed E-state index contributed by atoms with van der Waals surface area (Å²) in [6.45, 7) is 2.54. The van der Waals surface area contributed by atoms with E-state index in [0.717, 1.165) is 5.56 Å². The van der Waals surface area contributed by atoms with E-state index in [2.05, 4.69) is 26.0 Å². The van der Waals surface area contributed by atoms with Gasteiger partial charge in [0.1, 0.15) is 18.2 Å². The molecular formula is C27H22BrClN2O5. The van der Waals surface area contributed by atoms with Crippen LogP contribution in [0.15, 0.2) is 70.7 Å². The van der Waals surface area contributed by atoms with E-state index >= 15 is 0 Å². The Kier molecular flexibility index (Phi) is 9.51. The Morgan fingerprint density at radius 1 is 1.08 bits per heavy atom. The number of benzene rings is 3. The number of hydrogen-bond acceptors (Lipinski definition) is 6. The zero-order valence-electron chi connectivity index (χ0n) is 19.5. The summed E-state index contributed by atoms with van der Waals surface area (Å²) < 4.78 is 17.0. The van der Waals surface area contributed by atoms with Gasteiger partial charge in [0.2, 0.25) is 0 Å². The number of rotatable bonds is 9. The van der Waals surface area contributed by atoms with Gasteiger partial charge >= 0.3 is 5.97 Å². The van der Waals surface area contributed by atoms with Crippen LogP contribution in [0.1, 0.15) is 28.4 Å². The van der Waals surface area contributed by atoms with Crippen LogP contribution < -0.4 is 14.8 Å². The van der Waals surface area contributed by atoms with Crippen molar-refractivity contribution in [3.63, 3.8) is 0 Å². The molecular weight excluding hydrogens is 548 g/mol. The molecule has 7 nitrogen and oxygen atoms in total. The lowest BCUT2D eigenvalue weighted by Gasteiger charge is -2.15.